The summed E-state index contributed by atoms with van der Waals surface area (Å²) in [5.41, 5.74) is 8.07. The van der Waals surface area contributed by atoms with Gasteiger partial charge in [-0.1, -0.05) is 55.5 Å². The summed E-state index contributed by atoms with van der Waals surface area (Å²) in [6.07, 6.45) is 2.91. The van der Waals surface area contributed by atoms with Crippen LogP contribution in [0.3, 0.4) is 0 Å². The monoisotopic (exact) mass is 430 g/mol. The Balaban J connectivity index is 0.00000320. The third-order valence-electron chi connectivity index (χ3n) is 5.55. The van der Waals surface area contributed by atoms with Crippen molar-refractivity contribution in [1.29, 1.82) is 0 Å². The fraction of sp³-hybridized carbons (Fsp3) is 0.391. The number of nitrogens with two attached hydrogens (primary N) is 1. The Hall–Kier alpha value is -2.57. The van der Waals surface area contributed by atoms with Gasteiger partial charge in [0.1, 0.15) is 0 Å². The zero-order valence-corrected chi connectivity index (χ0v) is 18.1. The fourth-order valence-corrected chi connectivity index (χ4v) is 3.79. The van der Waals surface area contributed by atoms with Gasteiger partial charge in [-0.05, 0) is 37.0 Å². The lowest BCUT2D eigenvalue weighted by atomic mass is 9.92. The minimum atomic E-state index is -0.347. The molecule has 30 heavy (non-hydrogen) atoms. The Bertz CT molecular complexity index is 803. The highest BCUT2D eigenvalue weighted by atomic mass is 35.5. The number of hydrogen-bond acceptors (Lipinski definition) is 3. The molecular weight excluding hydrogens is 400 g/mol. The first kappa shape index (κ1) is 23.7. The highest BCUT2D eigenvalue weighted by Crippen LogP contribution is 2.25. The first-order valence-electron chi connectivity index (χ1n) is 10.3. The number of carbonyl (C=O) groups is 2. The van der Waals surface area contributed by atoms with E-state index >= 15 is 0 Å². The number of carbonyl (C=O) groups excluding carboxylic acids is 2. The summed E-state index contributed by atoms with van der Waals surface area (Å²) in [5.74, 6) is -0.271. The Kier molecular flexibility index (Phi) is 9.15. The van der Waals surface area contributed by atoms with Crippen LogP contribution < -0.4 is 16.4 Å². The van der Waals surface area contributed by atoms with E-state index in [9.17, 15) is 9.59 Å². The number of amides is 3. The van der Waals surface area contributed by atoms with Gasteiger partial charge in [0.15, 0.2) is 0 Å². The van der Waals surface area contributed by atoms with Gasteiger partial charge in [-0.25, -0.2) is 4.79 Å². The SMILES string of the molecule is CC(C(=O)N1CCCCC1CNC(=O)Nc1ccccc1)C(N)c1ccccc1.Cl. The van der Waals surface area contributed by atoms with Crippen LogP contribution in [0.5, 0.6) is 0 Å². The van der Waals surface area contributed by atoms with Crippen molar-refractivity contribution in [3.8, 4) is 0 Å². The van der Waals surface area contributed by atoms with Crippen LogP contribution in [0.1, 0.15) is 37.8 Å². The number of urea groups is 1. The molecule has 4 N–H and O–H groups in total. The number of piperidine rings is 1. The third kappa shape index (κ3) is 6.21. The van der Waals surface area contributed by atoms with Crippen molar-refractivity contribution in [2.75, 3.05) is 18.4 Å². The van der Waals surface area contributed by atoms with Gasteiger partial charge in [0, 0.05) is 30.9 Å². The van der Waals surface area contributed by atoms with E-state index in [2.05, 4.69) is 10.6 Å². The average Bonchev–Trinajstić information content (AvgIpc) is 2.77. The second-order valence-electron chi connectivity index (χ2n) is 7.61. The molecule has 2 aromatic rings. The molecule has 0 aliphatic carbocycles. The molecule has 3 rings (SSSR count). The second kappa shape index (κ2) is 11.6. The maximum Gasteiger partial charge on any atom is 0.319 e. The van der Waals surface area contributed by atoms with E-state index in [0.717, 1.165) is 30.5 Å². The zero-order chi connectivity index (χ0) is 20.6. The van der Waals surface area contributed by atoms with Gasteiger partial charge < -0.3 is 21.3 Å². The Morgan fingerprint density at radius 3 is 2.37 bits per heavy atom. The summed E-state index contributed by atoms with van der Waals surface area (Å²) < 4.78 is 0. The highest BCUT2D eigenvalue weighted by Gasteiger charge is 2.32. The first-order chi connectivity index (χ1) is 14.1. The highest BCUT2D eigenvalue weighted by molar-refractivity contribution is 5.89. The lowest BCUT2D eigenvalue weighted by molar-refractivity contribution is -0.139. The number of halogens is 1. The molecule has 7 heteroatoms. The summed E-state index contributed by atoms with van der Waals surface area (Å²) in [4.78, 5) is 27.3. The molecule has 1 heterocycles. The van der Waals surface area contributed by atoms with Crippen LogP contribution in [0.15, 0.2) is 60.7 Å². The lowest BCUT2D eigenvalue weighted by Gasteiger charge is -2.38. The standard InChI is InChI=1S/C23H30N4O2.ClH/c1-17(21(24)18-10-4-2-5-11-18)22(28)27-15-9-8-14-20(27)16-25-23(29)26-19-12-6-3-7-13-19;/h2-7,10-13,17,20-21H,8-9,14-16,24H2,1H3,(H2,25,26,29);1H. The van der Waals surface area contributed by atoms with Crippen LogP contribution in [-0.4, -0.2) is 36.0 Å². The van der Waals surface area contributed by atoms with E-state index in [1.807, 2.05) is 72.5 Å². The number of anilines is 1. The van der Waals surface area contributed by atoms with E-state index in [-0.39, 0.29) is 42.3 Å². The van der Waals surface area contributed by atoms with Gasteiger partial charge in [0.25, 0.3) is 0 Å². The molecule has 1 aliphatic heterocycles. The summed E-state index contributed by atoms with van der Waals surface area (Å²) in [5, 5.41) is 5.72. The van der Waals surface area contributed by atoms with Crippen LogP contribution in [-0.2, 0) is 4.79 Å². The molecule has 3 unspecified atom stereocenters. The van der Waals surface area contributed by atoms with E-state index in [1.54, 1.807) is 0 Å². The lowest BCUT2D eigenvalue weighted by Crippen LogP contribution is -2.52. The summed E-state index contributed by atoms with van der Waals surface area (Å²) in [6, 6.07) is 18.4. The van der Waals surface area contributed by atoms with Crippen molar-refractivity contribution in [1.82, 2.24) is 10.2 Å². The topological polar surface area (TPSA) is 87.5 Å². The molecule has 0 saturated carbocycles. The van der Waals surface area contributed by atoms with E-state index in [4.69, 9.17) is 5.73 Å². The molecule has 0 bridgehead atoms. The van der Waals surface area contributed by atoms with Gasteiger partial charge in [-0.2, -0.15) is 0 Å². The number of para-hydroxylation sites is 1. The van der Waals surface area contributed by atoms with Gasteiger partial charge >= 0.3 is 6.03 Å². The number of benzene rings is 2. The zero-order valence-electron chi connectivity index (χ0n) is 17.3. The summed E-state index contributed by atoms with van der Waals surface area (Å²) in [6.45, 7) is 3.02. The van der Waals surface area contributed by atoms with Crippen LogP contribution in [0.2, 0.25) is 0 Å². The molecule has 0 spiro atoms. The molecule has 1 aliphatic rings. The number of nitrogens with one attached hydrogen (secondary N) is 2. The van der Waals surface area contributed by atoms with Crippen LogP contribution in [0, 0.1) is 5.92 Å². The molecule has 1 fully saturated rings. The van der Waals surface area contributed by atoms with Crippen molar-refractivity contribution in [2.45, 2.75) is 38.3 Å². The minimum absolute atomic E-state index is 0. The van der Waals surface area contributed by atoms with Crippen LogP contribution in [0.25, 0.3) is 0 Å². The van der Waals surface area contributed by atoms with Crippen molar-refractivity contribution in [3.63, 3.8) is 0 Å². The van der Waals surface area contributed by atoms with Gasteiger partial charge in [0.2, 0.25) is 5.91 Å². The van der Waals surface area contributed by atoms with Crippen molar-refractivity contribution in [3.05, 3.63) is 66.2 Å². The normalized spacial score (nSPS) is 17.9. The number of hydrogen-bond donors (Lipinski definition) is 3. The molecule has 2 aromatic carbocycles. The third-order valence-corrected chi connectivity index (χ3v) is 5.55. The van der Waals surface area contributed by atoms with Gasteiger partial charge in [-0.3, -0.25) is 4.79 Å². The van der Waals surface area contributed by atoms with E-state index in [0.29, 0.717) is 13.1 Å². The maximum absolute atomic E-state index is 13.2. The molecular formula is C23H31ClN4O2. The van der Waals surface area contributed by atoms with Crippen molar-refractivity contribution < 1.29 is 9.59 Å². The molecule has 0 radical (unpaired) electrons. The molecule has 3 amide bonds. The molecule has 6 nitrogen and oxygen atoms in total. The quantitative estimate of drug-likeness (QED) is 0.648. The Morgan fingerprint density at radius 2 is 1.70 bits per heavy atom. The van der Waals surface area contributed by atoms with Gasteiger partial charge in [-0.15, -0.1) is 12.4 Å². The Labute approximate surface area is 184 Å². The predicted octanol–water partition coefficient (Wildman–Crippen LogP) is 3.95. The van der Waals surface area contributed by atoms with Crippen molar-refractivity contribution in [2.24, 2.45) is 11.7 Å². The predicted molar refractivity (Wildman–Crippen MR) is 123 cm³/mol. The number of rotatable bonds is 6. The molecule has 0 aromatic heterocycles. The smallest absolute Gasteiger partial charge is 0.319 e. The number of likely N-dealkylation sites (tertiary alicyclic amines) is 1. The largest absolute Gasteiger partial charge is 0.338 e. The van der Waals surface area contributed by atoms with Crippen molar-refractivity contribution >= 4 is 30.0 Å². The summed E-state index contributed by atoms with van der Waals surface area (Å²) in [7, 11) is 0. The second-order valence-corrected chi connectivity index (χ2v) is 7.61. The average molecular weight is 431 g/mol. The molecule has 1 saturated heterocycles. The minimum Gasteiger partial charge on any atom is -0.338 e. The first-order valence-corrected chi connectivity index (χ1v) is 10.3. The Morgan fingerprint density at radius 1 is 1.07 bits per heavy atom. The van der Waals surface area contributed by atoms with Crippen LogP contribution >= 0.6 is 12.4 Å². The van der Waals surface area contributed by atoms with E-state index in [1.165, 1.54) is 0 Å². The maximum atomic E-state index is 13.2. The molecule has 162 valence electrons. The molecule has 3 atom stereocenters. The fourth-order valence-electron chi connectivity index (χ4n) is 3.79. The van der Waals surface area contributed by atoms with Gasteiger partial charge in [0.05, 0.1) is 5.92 Å². The number of nitrogens with zero attached hydrogens (tertiary/aromatic N) is 1. The summed E-state index contributed by atoms with van der Waals surface area (Å²) >= 11 is 0. The van der Waals surface area contributed by atoms with E-state index < -0.39 is 0 Å². The van der Waals surface area contributed by atoms with Crippen LogP contribution in [0.4, 0.5) is 10.5 Å².